The quantitative estimate of drug-likeness (QED) is 0.713. The zero-order valence-corrected chi connectivity index (χ0v) is 9.25. The minimum Gasteiger partial charge on any atom is -0.312 e. The zero-order valence-electron chi connectivity index (χ0n) is 8.44. The molecule has 76 valence electrons. The fourth-order valence-corrected chi connectivity index (χ4v) is 2.72. The predicted molar refractivity (Wildman–Crippen MR) is 59.4 cm³/mol. The van der Waals surface area contributed by atoms with Crippen LogP contribution in [0.1, 0.15) is 26.2 Å². The topological polar surface area (TPSA) is 24.1 Å². The van der Waals surface area contributed by atoms with Gasteiger partial charge in [0, 0.05) is 29.6 Å². The summed E-state index contributed by atoms with van der Waals surface area (Å²) in [5.41, 5.74) is 0.516. The number of thioether (sulfide) groups is 1. The molecule has 0 aromatic rings. The summed E-state index contributed by atoms with van der Waals surface area (Å²) in [7, 11) is 0. The molecule has 0 aromatic carbocycles. The number of nitrogens with one attached hydrogen (secondary N) is 2. The first kappa shape index (κ1) is 9.81. The summed E-state index contributed by atoms with van der Waals surface area (Å²) >= 11 is 2.09. The molecule has 0 bridgehead atoms. The molecule has 1 heterocycles. The summed E-state index contributed by atoms with van der Waals surface area (Å²) in [5.74, 6) is 2.60. The lowest BCUT2D eigenvalue weighted by Crippen LogP contribution is -2.40. The van der Waals surface area contributed by atoms with Crippen LogP contribution in [0, 0.1) is 0 Å². The molecule has 1 saturated heterocycles. The molecule has 2 aliphatic rings. The van der Waals surface area contributed by atoms with Gasteiger partial charge in [-0.05, 0) is 32.7 Å². The highest BCUT2D eigenvalue weighted by Gasteiger charge is 2.36. The van der Waals surface area contributed by atoms with Crippen molar-refractivity contribution in [3.8, 4) is 0 Å². The molecule has 2 N–H and O–H groups in total. The molecule has 13 heavy (non-hydrogen) atoms. The average molecular weight is 200 g/mol. The number of hydrogen-bond acceptors (Lipinski definition) is 3. The second-order valence-corrected chi connectivity index (χ2v) is 5.65. The van der Waals surface area contributed by atoms with E-state index in [1.165, 1.54) is 43.9 Å². The highest BCUT2D eigenvalue weighted by atomic mass is 32.2. The maximum Gasteiger partial charge on any atom is 0.0170 e. The van der Waals surface area contributed by atoms with Gasteiger partial charge in [0.15, 0.2) is 0 Å². The Morgan fingerprint density at radius 3 is 3.00 bits per heavy atom. The van der Waals surface area contributed by atoms with Crippen LogP contribution < -0.4 is 10.6 Å². The number of rotatable bonds is 4. The van der Waals surface area contributed by atoms with E-state index < -0.39 is 0 Å². The standard InChI is InChI=1S/C10H20N2S/c1-10(3-4-10)12-5-2-9-8-13-7-6-11-9/h9,11-12H,2-8H2,1H3. The average Bonchev–Trinajstić information content (AvgIpc) is 2.86. The van der Waals surface area contributed by atoms with Gasteiger partial charge in [-0.3, -0.25) is 0 Å². The molecule has 2 rings (SSSR count). The normalized spacial score (nSPS) is 31.6. The first-order chi connectivity index (χ1) is 6.29. The molecular formula is C10H20N2S. The van der Waals surface area contributed by atoms with Crippen molar-refractivity contribution >= 4 is 11.8 Å². The van der Waals surface area contributed by atoms with E-state index in [9.17, 15) is 0 Å². The maximum absolute atomic E-state index is 3.63. The second-order valence-electron chi connectivity index (χ2n) is 4.50. The van der Waals surface area contributed by atoms with Crippen LogP contribution in [0.3, 0.4) is 0 Å². The van der Waals surface area contributed by atoms with Gasteiger partial charge in [-0.2, -0.15) is 11.8 Å². The predicted octanol–water partition coefficient (Wildman–Crippen LogP) is 1.22. The summed E-state index contributed by atoms with van der Waals surface area (Å²) in [6.07, 6.45) is 4.04. The van der Waals surface area contributed by atoms with Gasteiger partial charge < -0.3 is 10.6 Å². The van der Waals surface area contributed by atoms with Gasteiger partial charge in [-0.25, -0.2) is 0 Å². The molecule has 3 heteroatoms. The summed E-state index contributed by atoms with van der Waals surface area (Å²) in [4.78, 5) is 0. The first-order valence-corrected chi connectivity index (χ1v) is 6.50. The van der Waals surface area contributed by atoms with E-state index in [-0.39, 0.29) is 0 Å². The van der Waals surface area contributed by atoms with E-state index in [1.807, 2.05) is 0 Å². The molecule has 2 fully saturated rings. The van der Waals surface area contributed by atoms with Gasteiger partial charge in [0.2, 0.25) is 0 Å². The first-order valence-electron chi connectivity index (χ1n) is 5.35. The van der Waals surface area contributed by atoms with Gasteiger partial charge in [0.1, 0.15) is 0 Å². The summed E-state index contributed by atoms with van der Waals surface area (Å²) in [6.45, 7) is 4.72. The fraction of sp³-hybridized carbons (Fsp3) is 1.00. The summed E-state index contributed by atoms with van der Waals surface area (Å²) in [5, 5.41) is 7.20. The number of hydrogen-bond donors (Lipinski definition) is 2. The van der Waals surface area contributed by atoms with Gasteiger partial charge in [0.25, 0.3) is 0 Å². The van der Waals surface area contributed by atoms with E-state index in [2.05, 4.69) is 29.3 Å². The highest BCUT2D eigenvalue weighted by Crippen LogP contribution is 2.34. The lowest BCUT2D eigenvalue weighted by molar-refractivity contribution is 0.465. The Morgan fingerprint density at radius 2 is 2.38 bits per heavy atom. The molecule has 0 amide bonds. The van der Waals surface area contributed by atoms with Gasteiger partial charge in [0.05, 0.1) is 0 Å². The van der Waals surface area contributed by atoms with Crippen molar-refractivity contribution in [1.82, 2.24) is 10.6 Å². The molecular weight excluding hydrogens is 180 g/mol. The third kappa shape index (κ3) is 3.15. The van der Waals surface area contributed by atoms with Crippen LogP contribution >= 0.6 is 11.8 Å². The second kappa shape index (κ2) is 4.20. The molecule has 2 nitrogen and oxygen atoms in total. The van der Waals surface area contributed by atoms with Crippen molar-refractivity contribution in [2.45, 2.75) is 37.8 Å². The Hall–Kier alpha value is 0.270. The van der Waals surface area contributed by atoms with E-state index in [4.69, 9.17) is 0 Å². The highest BCUT2D eigenvalue weighted by molar-refractivity contribution is 7.99. The fourth-order valence-electron chi connectivity index (χ4n) is 1.72. The Labute approximate surface area is 85.2 Å². The maximum atomic E-state index is 3.63. The molecule has 0 aromatic heterocycles. The zero-order chi connectivity index (χ0) is 9.15. The Balaban J connectivity index is 1.56. The Kier molecular flexibility index (Phi) is 3.17. The minimum absolute atomic E-state index is 0.516. The van der Waals surface area contributed by atoms with E-state index in [0.29, 0.717) is 5.54 Å². The Bertz CT molecular complexity index is 162. The lowest BCUT2D eigenvalue weighted by atomic mass is 10.2. The summed E-state index contributed by atoms with van der Waals surface area (Å²) in [6, 6.07) is 0.758. The van der Waals surface area contributed by atoms with Crippen LogP contribution in [0.15, 0.2) is 0 Å². The van der Waals surface area contributed by atoms with E-state index in [0.717, 1.165) is 6.04 Å². The van der Waals surface area contributed by atoms with Crippen LogP contribution in [-0.2, 0) is 0 Å². The minimum atomic E-state index is 0.516. The van der Waals surface area contributed by atoms with Gasteiger partial charge >= 0.3 is 0 Å². The molecule has 1 saturated carbocycles. The van der Waals surface area contributed by atoms with Gasteiger partial charge in [-0.15, -0.1) is 0 Å². The molecule has 1 aliphatic carbocycles. The lowest BCUT2D eigenvalue weighted by Gasteiger charge is -2.23. The van der Waals surface area contributed by atoms with Crippen LogP contribution in [0.2, 0.25) is 0 Å². The summed E-state index contributed by atoms with van der Waals surface area (Å²) < 4.78 is 0. The van der Waals surface area contributed by atoms with Crippen molar-refractivity contribution in [3.63, 3.8) is 0 Å². The molecule has 0 spiro atoms. The SMILES string of the molecule is CC1(NCCC2CSCCN2)CC1. The van der Waals surface area contributed by atoms with Crippen LogP contribution in [0.25, 0.3) is 0 Å². The van der Waals surface area contributed by atoms with Gasteiger partial charge in [-0.1, -0.05) is 0 Å². The molecule has 1 aliphatic heterocycles. The Morgan fingerprint density at radius 1 is 1.54 bits per heavy atom. The van der Waals surface area contributed by atoms with Crippen molar-refractivity contribution in [2.75, 3.05) is 24.6 Å². The monoisotopic (exact) mass is 200 g/mol. The van der Waals surface area contributed by atoms with E-state index >= 15 is 0 Å². The molecule has 0 radical (unpaired) electrons. The van der Waals surface area contributed by atoms with Crippen LogP contribution in [0.4, 0.5) is 0 Å². The van der Waals surface area contributed by atoms with E-state index in [1.54, 1.807) is 0 Å². The smallest absolute Gasteiger partial charge is 0.0170 e. The third-order valence-corrected chi connectivity index (χ3v) is 4.17. The molecule has 1 unspecified atom stereocenters. The molecule has 1 atom stereocenters. The van der Waals surface area contributed by atoms with Crippen molar-refractivity contribution in [1.29, 1.82) is 0 Å². The van der Waals surface area contributed by atoms with Crippen LogP contribution in [0.5, 0.6) is 0 Å². The largest absolute Gasteiger partial charge is 0.312 e. The van der Waals surface area contributed by atoms with Crippen molar-refractivity contribution in [2.24, 2.45) is 0 Å². The van der Waals surface area contributed by atoms with Crippen LogP contribution in [-0.4, -0.2) is 36.2 Å². The third-order valence-electron chi connectivity index (χ3n) is 3.04. The van der Waals surface area contributed by atoms with Crippen molar-refractivity contribution in [3.05, 3.63) is 0 Å². The van der Waals surface area contributed by atoms with Crippen molar-refractivity contribution < 1.29 is 0 Å².